The molecule has 1 fully saturated rings. The molecular weight excluding hydrogens is 382 g/mol. The summed E-state index contributed by atoms with van der Waals surface area (Å²) in [6, 6.07) is 4.23. The number of likely N-dealkylation sites (N-methyl/N-ethyl adjacent to an activating group) is 2. The van der Waals surface area contributed by atoms with Gasteiger partial charge in [0.15, 0.2) is 0 Å². The lowest BCUT2D eigenvalue weighted by atomic mass is 10.1. The maximum atomic E-state index is 13.2. The summed E-state index contributed by atoms with van der Waals surface area (Å²) in [6.45, 7) is 2.24. The largest absolute Gasteiger partial charge is 0.495 e. The summed E-state index contributed by atoms with van der Waals surface area (Å²) < 4.78 is 33.2. The molecule has 1 saturated heterocycles. The quantitative estimate of drug-likeness (QED) is 0.707. The Bertz CT molecular complexity index is 838. The summed E-state index contributed by atoms with van der Waals surface area (Å²) in [6.07, 6.45) is 2.60. The summed E-state index contributed by atoms with van der Waals surface area (Å²) in [7, 11) is 2.32. The molecule has 0 spiro atoms. The first-order valence-corrected chi connectivity index (χ1v) is 10.7. The molecule has 0 N–H and O–H groups in total. The maximum Gasteiger partial charge on any atom is 0.254 e. The van der Waals surface area contributed by atoms with Gasteiger partial charge in [-0.3, -0.25) is 9.59 Å². The van der Waals surface area contributed by atoms with Crippen LogP contribution in [0.2, 0.25) is 0 Å². The van der Waals surface area contributed by atoms with E-state index < -0.39 is 15.9 Å². The van der Waals surface area contributed by atoms with Gasteiger partial charge in [0.2, 0.25) is 15.9 Å². The van der Waals surface area contributed by atoms with Crippen molar-refractivity contribution in [2.24, 2.45) is 0 Å². The van der Waals surface area contributed by atoms with Crippen molar-refractivity contribution in [1.29, 1.82) is 0 Å². The Kier molecular flexibility index (Phi) is 7.06. The molecule has 0 bridgehead atoms. The zero-order chi connectivity index (χ0) is 21.1. The monoisotopic (exact) mass is 411 g/mol. The third kappa shape index (κ3) is 4.64. The van der Waals surface area contributed by atoms with E-state index in [1.54, 1.807) is 14.1 Å². The number of carbonyl (C=O) groups is 2. The van der Waals surface area contributed by atoms with Crippen LogP contribution in [0, 0.1) is 0 Å². The number of benzene rings is 1. The van der Waals surface area contributed by atoms with E-state index in [1.165, 1.54) is 46.5 Å². The van der Waals surface area contributed by atoms with E-state index in [-0.39, 0.29) is 34.7 Å². The fourth-order valence-corrected chi connectivity index (χ4v) is 5.09. The Morgan fingerprint density at radius 3 is 2.46 bits per heavy atom. The SMILES string of the molecule is COc1ccc(C(=O)N(C)CC(=O)N(C)C)cc1S(=O)(=O)N1CCCC[C@H]1C. The van der Waals surface area contributed by atoms with Crippen LogP contribution in [0.3, 0.4) is 0 Å². The lowest BCUT2D eigenvalue weighted by molar-refractivity contribution is -0.129. The molecule has 1 aromatic carbocycles. The van der Waals surface area contributed by atoms with Gasteiger partial charge in [0.1, 0.15) is 10.6 Å². The minimum absolute atomic E-state index is 0.0260. The number of hydrogen-bond acceptors (Lipinski definition) is 5. The van der Waals surface area contributed by atoms with E-state index in [9.17, 15) is 18.0 Å². The second-order valence-electron chi connectivity index (χ2n) is 7.28. The highest BCUT2D eigenvalue weighted by Gasteiger charge is 2.33. The van der Waals surface area contributed by atoms with Crippen LogP contribution in [0.15, 0.2) is 23.1 Å². The van der Waals surface area contributed by atoms with Crippen LogP contribution in [-0.2, 0) is 14.8 Å². The van der Waals surface area contributed by atoms with Gasteiger partial charge < -0.3 is 14.5 Å². The fourth-order valence-electron chi connectivity index (χ4n) is 3.20. The molecule has 0 unspecified atom stereocenters. The molecule has 1 aliphatic rings. The number of carbonyl (C=O) groups excluding carboxylic acids is 2. The molecule has 8 nitrogen and oxygen atoms in total. The number of piperidine rings is 1. The van der Waals surface area contributed by atoms with E-state index in [2.05, 4.69) is 0 Å². The van der Waals surface area contributed by atoms with Gasteiger partial charge in [-0.15, -0.1) is 0 Å². The predicted octanol–water partition coefficient (Wildman–Crippen LogP) is 1.42. The molecule has 2 rings (SSSR count). The Hall–Kier alpha value is -2.13. The topological polar surface area (TPSA) is 87.2 Å². The minimum atomic E-state index is -3.81. The predicted molar refractivity (Wildman–Crippen MR) is 106 cm³/mol. The highest BCUT2D eigenvalue weighted by molar-refractivity contribution is 7.89. The lowest BCUT2D eigenvalue weighted by Crippen LogP contribution is -2.42. The van der Waals surface area contributed by atoms with Crippen LogP contribution in [0.4, 0.5) is 0 Å². The molecule has 1 heterocycles. The van der Waals surface area contributed by atoms with Crippen molar-refractivity contribution in [2.75, 3.05) is 41.3 Å². The Morgan fingerprint density at radius 1 is 1.21 bits per heavy atom. The van der Waals surface area contributed by atoms with Gasteiger partial charge in [0.25, 0.3) is 5.91 Å². The summed E-state index contributed by atoms with van der Waals surface area (Å²) in [4.78, 5) is 27.2. The Balaban J connectivity index is 2.38. The number of ether oxygens (including phenoxy) is 1. The zero-order valence-corrected chi connectivity index (χ0v) is 18.0. The normalized spacial score (nSPS) is 17.8. The van der Waals surface area contributed by atoms with Crippen molar-refractivity contribution in [3.63, 3.8) is 0 Å². The van der Waals surface area contributed by atoms with Crippen LogP contribution < -0.4 is 4.74 Å². The number of hydrogen-bond donors (Lipinski definition) is 0. The number of sulfonamides is 1. The van der Waals surface area contributed by atoms with E-state index in [1.807, 2.05) is 6.92 Å². The molecule has 9 heteroatoms. The minimum Gasteiger partial charge on any atom is -0.495 e. The third-order valence-electron chi connectivity index (χ3n) is 4.96. The van der Waals surface area contributed by atoms with Gasteiger partial charge in [0, 0.05) is 39.3 Å². The first kappa shape index (κ1) is 22.2. The van der Waals surface area contributed by atoms with Gasteiger partial charge in [-0.1, -0.05) is 6.42 Å². The van der Waals surface area contributed by atoms with Crippen molar-refractivity contribution in [2.45, 2.75) is 37.1 Å². The zero-order valence-electron chi connectivity index (χ0n) is 17.1. The number of nitrogens with zero attached hydrogens (tertiary/aromatic N) is 3. The molecule has 2 amide bonds. The molecule has 1 aliphatic heterocycles. The van der Waals surface area contributed by atoms with Crippen molar-refractivity contribution in [3.8, 4) is 5.75 Å². The highest BCUT2D eigenvalue weighted by atomic mass is 32.2. The van der Waals surface area contributed by atoms with Crippen molar-refractivity contribution in [1.82, 2.24) is 14.1 Å². The van der Waals surface area contributed by atoms with Gasteiger partial charge in [0.05, 0.1) is 13.7 Å². The molecule has 28 heavy (non-hydrogen) atoms. The number of methoxy groups -OCH3 is 1. The first-order chi connectivity index (χ1) is 13.1. The van der Waals surface area contributed by atoms with Gasteiger partial charge in [-0.05, 0) is 38.0 Å². The summed E-state index contributed by atoms with van der Waals surface area (Å²) >= 11 is 0. The average Bonchev–Trinajstić information content (AvgIpc) is 2.66. The van der Waals surface area contributed by atoms with Crippen molar-refractivity contribution < 1.29 is 22.7 Å². The Morgan fingerprint density at radius 2 is 1.89 bits per heavy atom. The molecule has 0 radical (unpaired) electrons. The summed E-state index contributed by atoms with van der Waals surface area (Å²) in [5, 5.41) is 0. The average molecular weight is 412 g/mol. The second kappa shape index (κ2) is 8.91. The van der Waals surface area contributed by atoms with E-state index in [0.717, 1.165) is 19.3 Å². The van der Waals surface area contributed by atoms with Gasteiger partial charge in [-0.25, -0.2) is 8.42 Å². The van der Waals surface area contributed by atoms with Crippen molar-refractivity contribution >= 4 is 21.8 Å². The Labute approximate surface area is 167 Å². The maximum absolute atomic E-state index is 13.2. The fraction of sp³-hybridized carbons (Fsp3) is 0.579. The van der Waals surface area contributed by atoms with Crippen LogP contribution in [0.25, 0.3) is 0 Å². The first-order valence-electron chi connectivity index (χ1n) is 9.25. The van der Waals surface area contributed by atoms with E-state index in [4.69, 9.17) is 4.74 Å². The van der Waals surface area contributed by atoms with Gasteiger partial charge >= 0.3 is 0 Å². The molecule has 1 aromatic rings. The summed E-state index contributed by atoms with van der Waals surface area (Å²) in [5.74, 6) is -0.457. The molecule has 0 saturated carbocycles. The number of rotatable bonds is 6. The molecule has 0 aromatic heterocycles. The molecular formula is C19H29N3O5S. The second-order valence-corrected chi connectivity index (χ2v) is 9.13. The van der Waals surface area contributed by atoms with Crippen LogP contribution in [-0.4, -0.2) is 81.7 Å². The number of amides is 2. The van der Waals surface area contributed by atoms with E-state index in [0.29, 0.717) is 6.54 Å². The molecule has 1 atom stereocenters. The highest BCUT2D eigenvalue weighted by Crippen LogP contribution is 2.31. The smallest absolute Gasteiger partial charge is 0.254 e. The van der Waals surface area contributed by atoms with Crippen molar-refractivity contribution in [3.05, 3.63) is 23.8 Å². The van der Waals surface area contributed by atoms with Crippen LogP contribution in [0.5, 0.6) is 5.75 Å². The van der Waals surface area contributed by atoms with Crippen LogP contribution >= 0.6 is 0 Å². The molecule has 0 aliphatic carbocycles. The third-order valence-corrected chi connectivity index (χ3v) is 6.99. The summed E-state index contributed by atoms with van der Waals surface area (Å²) in [5.41, 5.74) is 0.193. The molecule has 156 valence electrons. The van der Waals surface area contributed by atoms with Crippen LogP contribution in [0.1, 0.15) is 36.5 Å². The van der Waals surface area contributed by atoms with E-state index >= 15 is 0 Å². The van der Waals surface area contributed by atoms with Gasteiger partial charge in [-0.2, -0.15) is 4.31 Å². The standard InChI is InChI=1S/C19H29N3O5S/c1-14-8-6-7-11-22(14)28(25,26)17-12-15(9-10-16(17)27-5)19(24)21(4)13-18(23)20(2)3/h9-10,12,14H,6-8,11,13H2,1-5H3/t14-/m1/s1. The lowest BCUT2D eigenvalue weighted by Gasteiger charge is -2.32.